The first-order valence-electron chi connectivity index (χ1n) is 8.05. The Morgan fingerprint density at radius 3 is 2.50 bits per heavy atom. The second-order valence-corrected chi connectivity index (χ2v) is 6.79. The van der Waals surface area contributed by atoms with Crippen molar-refractivity contribution in [3.05, 3.63) is 59.6 Å². The number of benzene rings is 2. The number of para-hydroxylation sites is 2. The number of anilines is 1. The molecule has 1 amide bonds. The Morgan fingerprint density at radius 2 is 1.79 bits per heavy atom. The third-order valence-corrected chi connectivity index (χ3v) is 4.99. The minimum Gasteiger partial charge on any atom is -0.362 e. The fourth-order valence-electron chi connectivity index (χ4n) is 2.59. The Balaban J connectivity index is 1.65. The summed E-state index contributed by atoms with van der Waals surface area (Å²) >= 11 is 1.65. The van der Waals surface area contributed by atoms with Crippen molar-refractivity contribution in [2.45, 2.75) is 13.5 Å². The number of amides is 1. The standard InChI is InChI=1S/C19H21N3OS/c1-3-22(15-9-5-4-6-10-15)14-19(23)21(2)13-18-20-16-11-7-8-12-17(16)24-18/h4-12H,3,13-14H2,1-2H3. The van der Waals surface area contributed by atoms with E-state index in [1.807, 2.05) is 55.6 Å². The molecular weight excluding hydrogens is 318 g/mol. The minimum atomic E-state index is 0.0972. The van der Waals surface area contributed by atoms with Gasteiger partial charge in [-0.25, -0.2) is 4.98 Å². The molecule has 3 rings (SSSR count). The Bertz CT molecular complexity index is 783. The van der Waals surface area contributed by atoms with Crippen LogP contribution in [0.1, 0.15) is 11.9 Å². The van der Waals surface area contributed by atoms with E-state index >= 15 is 0 Å². The Labute approximate surface area is 146 Å². The molecule has 2 aromatic carbocycles. The predicted molar refractivity (Wildman–Crippen MR) is 100 cm³/mol. The van der Waals surface area contributed by atoms with Crippen molar-refractivity contribution in [3.8, 4) is 0 Å². The molecule has 4 nitrogen and oxygen atoms in total. The van der Waals surface area contributed by atoms with Crippen molar-refractivity contribution in [2.75, 3.05) is 25.0 Å². The summed E-state index contributed by atoms with van der Waals surface area (Å²) in [5.41, 5.74) is 2.07. The molecule has 124 valence electrons. The van der Waals surface area contributed by atoms with E-state index in [-0.39, 0.29) is 5.91 Å². The molecule has 0 radical (unpaired) electrons. The molecule has 0 saturated heterocycles. The highest BCUT2D eigenvalue weighted by molar-refractivity contribution is 7.18. The lowest BCUT2D eigenvalue weighted by Crippen LogP contribution is -2.38. The van der Waals surface area contributed by atoms with Crippen LogP contribution in [0.2, 0.25) is 0 Å². The summed E-state index contributed by atoms with van der Waals surface area (Å²) in [6.07, 6.45) is 0. The lowest BCUT2D eigenvalue weighted by Gasteiger charge is -2.25. The Morgan fingerprint density at radius 1 is 1.08 bits per heavy atom. The van der Waals surface area contributed by atoms with E-state index < -0.39 is 0 Å². The molecule has 5 heteroatoms. The topological polar surface area (TPSA) is 36.4 Å². The number of aromatic nitrogens is 1. The first kappa shape index (κ1) is 16.5. The zero-order valence-corrected chi connectivity index (χ0v) is 14.8. The SMILES string of the molecule is CCN(CC(=O)N(C)Cc1nc2ccccc2s1)c1ccccc1. The lowest BCUT2D eigenvalue weighted by molar-refractivity contribution is -0.128. The van der Waals surface area contributed by atoms with Gasteiger partial charge in [-0.1, -0.05) is 30.3 Å². The van der Waals surface area contributed by atoms with E-state index in [1.165, 1.54) is 0 Å². The zero-order chi connectivity index (χ0) is 16.9. The summed E-state index contributed by atoms with van der Waals surface area (Å²) in [5, 5.41) is 0.967. The number of nitrogens with zero attached hydrogens (tertiary/aromatic N) is 3. The molecule has 3 aromatic rings. The van der Waals surface area contributed by atoms with Gasteiger partial charge in [0.05, 0.1) is 23.3 Å². The largest absolute Gasteiger partial charge is 0.362 e. The second-order valence-electron chi connectivity index (χ2n) is 5.67. The summed E-state index contributed by atoms with van der Waals surface area (Å²) in [5.74, 6) is 0.0972. The highest BCUT2D eigenvalue weighted by atomic mass is 32.1. The van der Waals surface area contributed by atoms with Crippen molar-refractivity contribution in [2.24, 2.45) is 0 Å². The van der Waals surface area contributed by atoms with Crippen LogP contribution in [0, 0.1) is 0 Å². The number of hydrogen-bond acceptors (Lipinski definition) is 4. The van der Waals surface area contributed by atoms with Crippen LogP contribution in [0.25, 0.3) is 10.2 Å². The van der Waals surface area contributed by atoms with Gasteiger partial charge in [0.25, 0.3) is 0 Å². The Kier molecular flexibility index (Phi) is 5.11. The smallest absolute Gasteiger partial charge is 0.242 e. The molecule has 0 N–H and O–H groups in total. The molecule has 1 aromatic heterocycles. The molecule has 0 spiro atoms. The van der Waals surface area contributed by atoms with Crippen LogP contribution < -0.4 is 4.90 Å². The first-order valence-corrected chi connectivity index (χ1v) is 8.87. The predicted octanol–water partition coefficient (Wildman–Crippen LogP) is 3.78. The monoisotopic (exact) mass is 339 g/mol. The molecule has 0 unspecified atom stereocenters. The van der Waals surface area contributed by atoms with Crippen LogP contribution in [-0.4, -0.2) is 35.9 Å². The summed E-state index contributed by atoms with van der Waals surface area (Å²) in [6, 6.07) is 18.1. The number of rotatable bonds is 6. The Hall–Kier alpha value is -2.40. The van der Waals surface area contributed by atoms with Crippen molar-refractivity contribution in [3.63, 3.8) is 0 Å². The van der Waals surface area contributed by atoms with E-state index in [4.69, 9.17) is 0 Å². The maximum Gasteiger partial charge on any atom is 0.242 e. The van der Waals surface area contributed by atoms with Crippen LogP contribution in [0.3, 0.4) is 0 Å². The molecule has 0 saturated carbocycles. The third-order valence-electron chi connectivity index (χ3n) is 3.97. The number of fused-ring (bicyclic) bond motifs is 1. The first-order chi connectivity index (χ1) is 11.7. The zero-order valence-electron chi connectivity index (χ0n) is 14.0. The summed E-state index contributed by atoms with van der Waals surface area (Å²) in [7, 11) is 1.84. The van der Waals surface area contributed by atoms with Gasteiger partial charge in [0, 0.05) is 19.3 Å². The van der Waals surface area contributed by atoms with Crippen LogP contribution in [-0.2, 0) is 11.3 Å². The molecule has 0 aliphatic heterocycles. The number of carbonyl (C=O) groups is 1. The summed E-state index contributed by atoms with van der Waals surface area (Å²) in [6.45, 7) is 3.78. The highest BCUT2D eigenvalue weighted by Gasteiger charge is 2.15. The van der Waals surface area contributed by atoms with E-state index in [9.17, 15) is 4.79 Å². The van der Waals surface area contributed by atoms with Gasteiger partial charge >= 0.3 is 0 Å². The van der Waals surface area contributed by atoms with Gasteiger partial charge in [-0.05, 0) is 31.2 Å². The van der Waals surface area contributed by atoms with Crippen LogP contribution in [0.15, 0.2) is 54.6 Å². The average Bonchev–Trinajstić information content (AvgIpc) is 3.02. The minimum absolute atomic E-state index is 0.0972. The second kappa shape index (κ2) is 7.45. The summed E-state index contributed by atoms with van der Waals surface area (Å²) < 4.78 is 1.16. The van der Waals surface area contributed by atoms with E-state index in [1.54, 1.807) is 16.2 Å². The van der Waals surface area contributed by atoms with Crippen molar-refractivity contribution < 1.29 is 4.79 Å². The molecule has 0 bridgehead atoms. The number of hydrogen-bond donors (Lipinski definition) is 0. The fraction of sp³-hybridized carbons (Fsp3) is 0.263. The molecule has 24 heavy (non-hydrogen) atoms. The van der Waals surface area contributed by atoms with Gasteiger partial charge in [0.2, 0.25) is 5.91 Å². The van der Waals surface area contributed by atoms with E-state index in [2.05, 4.69) is 22.9 Å². The normalized spacial score (nSPS) is 10.8. The van der Waals surface area contributed by atoms with Gasteiger partial charge < -0.3 is 9.80 Å². The number of likely N-dealkylation sites (N-methyl/N-ethyl adjacent to an activating group) is 2. The van der Waals surface area contributed by atoms with Gasteiger partial charge in [0.1, 0.15) is 5.01 Å². The van der Waals surface area contributed by atoms with Gasteiger partial charge in [0.15, 0.2) is 0 Å². The van der Waals surface area contributed by atoms with Crippen LogP contribution in [0.5, 0.6) is 0 Å². The number of carbonyl (C=O) groups excluding carboxylic acids is 1. The highest BCUT2D eigenvalue weighted by Crippen LogP contribution is 2.22. The average molecular weight is 339 g/mol. The molecular formula is C19H21N3OS. The maximum absolute atomic E-state index is 12.6. The molecule has 1 heterocycles. The quantitative estimate of drug-likeness (QED) is 0.686. The van der Waals surface area contributed by atoms with E-state index in [0.29, 0.717) is 13.1 Å². The molecule has 0 atom stereocenters. The molecule has 0 aliphatic carbocycles. The van der Waals surface area contributed by atoms with E-state index in [0.717, 1.165) is 27.5 Å². The van der Waals surface area contributed by atoms with Crippen molar-refractivity contribution in [1.82, 2.24) is 9.88 Å². The van der Waals surface area contributed by atoms with Crippen LogP contribution >= 0.6 is 11.3 Å². The lowest BCUT2D eigenvalue weighted by atomic mass is 10.3. The van der Waals surface area contributed by atoms with Crippen molar-refractivity contribution in [1.29, 1.82) is 0 Å². The van der Waals surface area contributed by atoms with Crippen molar-refractivity contribution >= 4 is 33.1 Å². The van der Waals surface area contributed by atoms with Gasteiger partial charge in [-0.15, -0.1) is 11.3 Å². The molecule has 0 aliphatic rings. The summed E-state index contributed by atoms with van der Waals surface area (Å²) in [4.78, 5) is 21.0. The van der Waals surface area contributed by atoms with Gasteiger partial charge in [-0.2, -0.15) is 0 Å². The fourth-order valence-corrected chi connectivity index (χ4v) is 3.61. The van der Waals surface area contributed by atoms with Gasteiger partial charge in [-0.3, -0.25) is 4.79 Å². The maximum atomic E-state index is 12.6. The third kappa shape index (κ3) is 3.74. The van der Waals surface area contributed by atoms with Crippen LogP contribution in [0.4, 0.5) is 5.69 Å². The molecule has 0 fully saturated rings. The number of thiazole rings is 1.